The second-order valence-electron chi connectivity index (χ2n) is 6.69. The summed E-state index contributed by atoms with van der Waals surface area (Å²) in [4.78, 5) is 13.7. The first-order valence-electron chi connectivity index (χ1n) is 8.76. The van der Waals surface area contributed by atoms with E-state index in [1.165, 1.54) is 12.1 Å². The van der Waals surface area contributed by atoms with Crippen LogP contribution in [-0.4, -0.2) is 51.9 Å². The van der Waals surface area contributed by atoms with Gasteiger partial charge in [0.25, 0.3) is 5.91 Å². The summed E-state index contributed by atoms with van der Waals surface area (Å²) in [5.41, 5.74) is -0.0714. The molecule has 0 saturated carbocycles. The van der Waals surface area contributed by atoms with Crippen LogP contribution in [0.5, 0.6) is 0 Å². The largest absolute Gasteiger partial charge is 0.339 e. The third-order valence-corrected chi connectivity index (χ3v) is 6.34. The zero-order chi connectivity index (χ0) is 17.9. The molecular formula is C17H25ClFN3O3S. The molecule has 0 radical (unpaired) electrons. The molecule has 1 amide bonds. The fraction of sp³-hybridized carbons (Fsp3) is 0.588. The first kappa shape index (κ1) is 21.1. The van der Waals surface area contributed by atoms with Crippen molar-refractivity contribution in [1.29, 1.82) is 0 Å². The number of sulfonamides is 1. The maximum atomic E-state index is 14.3. The fourth-order valence-corrected chi connectivity index (χ4v) is 4.43. The van der Waals surface area contributed by atoms with Crippen molar-refractivity contribution in [1.82, 2.24) is 14.9 Å². The van der Waals surface area contributed by atoms with Gasteiger partial charge in [0.05, 0.1) is 10.5 Å². The SMILES string of the molecule is Cl.O=C(c1ccc(S(=O)(=O)NCCC2CCNC2)cc1F)N1CCCC1. The van der Waals surface area contributed by atoms with Gasteiger partial charge in [0.1, 0.15) is 5.82 Å². The number of likely N-dealkylation sites (tertiary alicyclic amines) is 1. The smallest absolute Gasteiger partial charge is 0.256 e. The summed E-state index contributed by atoms with van der Waals surface area (Å²) < 4.78 is 41.4. The topological polar surface area (TPSA) is 78.5 Å². The van der Waals surface area contributed by atoms with E-state index in [0.29, 0.717) is 25.6 Å². The molecule has 0 aromatic heterocycles. The normalized spacial score (nSPS) is 20.2. The molecule has 2 aliphatic rings. The van der Waals surface area contributed by atoms with Gasteiger partial charge in [-0.3, -0.25) is 4.79 Å². The summed E-state index contributed by atoms with van der Waals surface area (Å²) in [6.07, 6.45) is 3.63. The lowest BCUT2D eigenvalue weighted by atomic mass is 10.1. The van der Waals surface area contributed by atoms with Crippen molar-refractivity contribution in [3.8, 4) is 0 Å². The molecule has 2 N–H and O–H groups in total. The van der Waals surface area contributed by atoms with Gasteiger partial charge in [-0.2, -0.15) is 0 Å². The van der Waals surface area contributed by atoms with Gasteiger partial charge in [0, 0.05) is 19.6 Å². The summed E-state index contributed by atoms with van der Waals surface area (Å²) in [5, 5.41) is 3.24. The third kappa shape index (κ3) is 4.94. The highest BCUT2D eigenvalue weighted by atomic mass is 35.5. The number of hydrogen-bond donors (Lipinski definition) is 2. The van der Waals surface area contributed by atoms with Crippen molar-refractivity contribution in [3.05, 3.63) is 29.6 Å². The Morgan fingerprint density at radius 3 is 2.65 bits per heavy atom. The van der Waals surface area contributed by atoms with Crippen LogP contribution in [0.1, 0.15) is 36.0 Å². The molecule has 6 nitrogen and oxygen atoms in total. The van der Waals surface area contributed by atoms with E-state index < -0.39 is 15.8 Å². The average molecular weight is 406 g/mol. The molecule has 1 unspecified atom stereocenters. The van der Waals surface area contributed by atoms with Crippen LogP contribution in [0.25, 0.3) is 0 Å². The van der Waals surface area contributed by atoms with Crippen LogP contribution in [0.3, 0.4) is 0 Å². The molecule has 3 rings (SSSR count). The number of carbonyl (C=O) groups is 1. The Kier molecular flexibility index (Phi) is 7.40. The molecule has 9 heteroatoms. The van der Waals surface area contributed by atoms with Crippen molar-refractivity contribution < 1.29 is 17.6 Å². The summed E-state index contributed by atoms with van der Waals surface area (Å²) in [6, 6.07) is 3.50. The Hall–Kier alpha value is -1.22. The molecule has 146 valence electrons. The van der Waals surface area contributed by atoms with E-state index in [1.54, 1.807) is 4.90 Å². The number of amides is 1. The lowest BCUT2D eigenvalue weighted by Crippen LogP contribution is -2.29. The van der Waals surface area contributed by atoms with E-state index in [4.69, 9.17) is 0 Å². The van der Waals surface area contributed by atoms with Gasteiger partial charge < -0.3 is 10.2 Å². The van der Waals surface area contributed by atoms with Crippen LogP contribution in [0.4, 0.5) is 4.39 Å². The highest BCUT2D eigenvalue weighted by molar-refractivity contribution is 7.89. The highest BCUT2D eigenvalue weighted by Crippen LogP contribution is 2.19. The Labute approximate surface area is 160 Å². The fourth-order valence-electron chi connectivity index (χ4n) is 3.37. The van der Waals surface area contributed by atoms with Gasteiger partial charge in [0.2, 0.25) is 10.0 Å². The Bertz CT molecular complexity index is 733. The molecule has 1 atom stereocenters. The summed E-state index contributed by atoms with van der Waals surface area (Å²) in [7, 11) is -3.77. The molecule has 0 spiro atoms. The first-order valence-corrected chi connectivity index (χ1v) is 10.2. The molecule has 2 fully saturated rings. The molecule has 0 bridgehead atoms. The maximum Gasteiger partial charge on any atom is 0.256 e. The lowest BCUT2D eigenvalue weighted by molar-refractivity contribution is 0.0788. The van der Waals surface area contributed by atoms with Crippen molar-refractivity contribution in [2.75, 3.05) is 32.7 Å². The van der Waals surface area contributed by atoms with Gasteiger partial charge >= 0.3 is 0 Å². The molecule has 1 aromatic carbocycles. The predicted octanol–water partition coefficient (Wildman–Crippen LogP) is 1.76. The van der Waals surface area contributed by atoms with Gasteiger partial charge in [-0.15, -0.1) is 12.4 Å². The third-order valence-electron chi connectivity index (χ3n) is 4.88. The number of benzene rings is 1. The quantitative estimate of drug-likeness (QED) is 0.756. The number of carbonyl (C=O) groups excluding carboxylic acids is 1. The van der Waals surface area contributed by atoms with Crippen LogP contribution in [0.15, 0.2) is 23.1 Å². The number of halogens is 2. The van der Waals surface area contributed by atoms with Crippen molar-refractivity contribution in [3.63, 3.8) is 0 Å². The van der Waals surface area contributed by atoms with Crippen LogP contribution in [0.2, 0.25) is 0 Å². The molecule has 2 saturated heterocycles. The number of rotatable bonds is 6. The number of nitrogens with one attached hydrogen (secondary N) is 2. The minimum absolute atomic E-state index is 0. The van der Waals surface area contributed by atoms with E-state index >= 15 is 0 Å². The standard InChI is InChI=1S/C17H24FN3O3S.ClH/c18-16-11-14(3-4-15(16)17(22)21-9-1-2-10-21)25(23,24)20-8-6-13-5-7-19-12-13;/h3-4,11,13,19-20H,1-2,5-10,12H2;1H. The van der Waals surface area contributed by atoms with E-state index in [-0.39, 0.29) is 28.8 Å². The van der Waals surface area contributed by atoms with Gasteiger partial charge in [0.15, 0.2) is 0 Å². The van der Waals surface area contributed by atoms with Crippen LogP contribution in [-0.2, 0) is 10.0 Å². The zero-order valence-electron chi connectivity index (χ0n) is 14.5. The van der Waals surface area contributed by atoms with Gasteiger partial charge in [-0.1, -0.05) is 0 Å². The molecule has 2 heterocycles. The molecule has 1 aromatic rings. The lowest BCUT2D eigenvalue weighted by Gasteiger charge is -2.16. The molecule has 26 heavy (non-hydrogen) atoms. The van der Waals surface area contributed by atoms with Crippen LogP contribution in [0, 0.1) is 11.7 Å². The van der Waals surface area contributed by atoms with Crippen molar-refractivity contribution >= 4 is 28.3 Å². The molecule has 0 aliphatic carbocycles. The monoisotopic (exact) mass is 405 g/mol. The minimum atomic E-state index is -3.77. The Morgan fingerprint density at radius 1 is 1.31 bits per heavy atom. The minimum Gasteiger partial charge on any atom is -0.339 e. The van der Waals surface area contributed by atoms with Crippen molar-refractivity contribution in [2.45, 2.75) is 30.6 Å². The van der Waals surface area contributed by atoms with Gasteiger partial charge in [-0.25, -0.2) is 17.5 Å². The summed E-state index contributed by atoms with van der Waals surface area (Å²) in [5.74, 6) is -0.694. The maximum absolute atomic E-state index is 14.3. The predicted molar refractivity (Wildman–Crippen MR) is 99.6 cm³/mol. The average Bonchev–Trinajstić information content (AvgIpc) is 3.27. The van der Waals surface area contributed by atoms with Crippen LogP contribution < -0.4 is 10.0 Å². The number of hydrogen-bond acceptors (Lipinski definition) is 4. The van der Waals surface area contributed by atoms with Crippen LogP contribution >= 0.6 is 12.4 Å². The highest BCUT2D eigenvalue weighted by Gasteiger charge is 2.24. The molecule has 2 aliphatic heterocycles. The Morgan fingerprint density at radius 2 is 2.04 bits per heavy atom. The van der Waals surface area contributed by atoms with E-state index in [0.717, 1.165) is 44.8 Å². The summed E-state index contributed by atoms with van der Waals surface area (Å²) in [6.45, 7) is 3.44. The second kappa shape index (κ2) is 9.12. The van der Waals surface area contributed by atoms with E-state index in [9.17, 15) is 17.6 Å². The first-order chi connectivity index (χ1) is 12.0. The summed E-state index contributed by atoms with van der Waals surface area (Å²) >= 11 is 0. The Balaban J connectivity index is 0.00000243. The number of nitrogens with zero attached hydrogens (tertiary/aromatic N) is 1. The molecular weight excluding hydrogens is 381 g/mol. The van der Waals surface area contributed by atoms with E-state index in [2.05, 4.69) is 10.0 Å². The van der Waals surface area contributed by atoms with E-state index in [1.807, 2.05) is 0 Å². The van der Waals surface area contributed by atoms with Gasteiger partial charge in [-0.05, 0) is 62.9 Å². The zero-order valence-corrected chi connectivity index (χ0v) is 16.2. The second-order valence-corrected chi connectivity index (χ2v) is 8.45. The van der Waals surface area contributed by atoms with Crippen molar-refractivity contribution in [2.24, 2.45) is 5.92 Å².